The molecule has 2 aliphatic rings. The van der Waals surface area contributed by atoms with E-state index in [9.17, 15) is 14.7 Å². The van der Waals surface area contributed by atoms with Crippen molar-refractivity contribution in [2.75, 3.05) is 6.54 Å². The molecule has 2 amide bonds. The van der Waals surface area contributed by atoms with Gasteiger partial charge in [0, 0.05) is 12.6 Å². The SMILES string of the molecule is CC1CCCCCN1C(=O)NC(C)(C(=O)O)C1CC1. The van der Waals surface area contributed by atoms with Crippen molar-refractivity contribution in [3.05, 3.63) is 0 Å². The number of likely N-dealkylation sites (tertiary alicyclic amines) is 1. The smallest absolute Gasteiger partial charge is 0.329 e. The minimum Gasteiger partial charge on any atom is -0.480 e. The number of hydrogen-bond acceptors (Lipinski definition) is 2. The molecule has 0 aromatic carbocycles. The normalized spacial score (nSPS) is 27.3. The summed E-state index contributed by atoms with van der Waals surface area (Å²) >= 11 is 0. The van der Waals surface area contributed by atoms with E-state index in [1.54, 1.807) is 11.8 Å². The van der Waals surface area contributed by atoms with Crippen LogP contribution >= 0.6 is 0 Å². The number of carbonyl (C=O) groups excluding carboxylic acids is 1. The summed E-state index contributed by atoms with van der Waals surface area (Å²) in [4.78, 5) is 25.6. The van der Waals surface area contributed by atoms with Gasteiger partial charge in [0.2, 0.25) is 0 Å². The first kappa shape index (κ1) is 14.2. The van der Waals surface area contributed by atoms with E-state index in [-0.39, 0.29) is 18.0 Å². The van der Waals surface area contributed by atoms with E-state index in [4.69, 9.17) is 0 Å². The molecule has 108 valence electrons. The van der Waals surface area contributed by atoms with Gasteiger partial charge >= 0.3 is 12.0 Å². The molecule has 0 bridgehead atoms. The number of carboxylic acids is 1. The van der Waals surface area contributed by atoms with Crippen LogP contribution in [0.3, 0.4) is 0 Å². The monoisotopic (exact) mass is 268 g/mol. The maximum atomic E-state index is 12.4. The van der Waals surface area contributed by atoms with Crippen molar-refractivity contribution in [3.8, 4) is 0 Å². The number of nitrogens with zero attached hydrogens (tertiary/aromatic N) is 1. The van der Waals surface area contributed by atoms with Crippen molar-refractivity contribution in [2.45, 2.75) is 64.0 Å². The summed E-state index contributed by atoms with van der Waals surface area (Å²) in [6.45, 7) is 4.40. The summed E-state index contributed by atoms with van der Waals surface area (Å²) in [5.74, 6) is -0.845. The first-order valence-electron chi connectivity index (χ1n) is 7.27. The fraction of sp³-hybridized carbons (Fsp3) is 0.857. The van der Waals surface area contributed by atoms with Gasteiger partial charge in [0.15, 0.2) is 0 Å². The van der Waals surface area contributed by atoms with Crippen LogP contribution in [-0.2, 0) is 4.79 Å². The zero-order valence-corrected chi connectivity index (χ0v) is 11.8. The molecule has 19 heavy (non-hydrogen) atoms. The molecule has 1 saturated heterocycles. The van der Waals surface area contributed by atoms with Crippen molar-refractivity contribution < 1.29 is 14.7 Å². The van der Waals surface area contributed by atoms with Crippen molar-refractivity contribution >= 4 is 12.0 Å². The van der Waals surface area contributed by atoms with E-state index >= 15 is 0 Å². The molecule has 1 aliphatic carbocycles. The highest BCUT2D eigenvalue weighted by Crippen LogP contribution is 2.39. The molecule has 1 aliphatic heterocycles. The maximum absolute atomic E-state index is 12.4. The first-order valence-corrected chi connectivity index (χ1v) is 7.27. The zero-order valence-electron chi connectivity index (χ0n) is 11.8. The molecule has 2 N–H and O–H groups in total. The molecule has 2 fully saturated rings. The summed E-state index contributed by atoms with van der Waals surface area (Å²) in [7, 11) is 0. The average Bonchev–Trinajstić information content (AvgIpc) is 3.15. The number of amides is 2. The van der Waals surface area contributed by atoms with Gasteiger partial charge in [-0.05, 0) is 45.4 Å². The minimum absolute atomic E-state index is 0.0798. The first-order chi connectivity index (χ1) is 8.95. The Morgan fingerprint density at radius 2 is 1.89 bits per heavy atom. The summed E-state index contributed by atoms with van der Waals surface area (Å²) in [5, 5.41) is 12.1. The number of rotatable bonds is 3. The molecular formula is C14H24N2O3. The Bertz CT molecular complexity index is 368. The summed E-state index contributed by atoms with van der Waals surface area (Å²) in [6, 6.07) is -0.0223. The van der Waals surface area contributed by atoms with Gasteiger partial charge in [0.05, 0.1) is 0 Å². The van der Waals surface area contributed by atoms with Gasteiger partial charge in [-0.1, -0.05) is 12.8 Å². The Labute approximate surface area is 114 Å². The third-order valence-electron chi connectivity index (χ3n) is 4.52. The second kappa shape index (κ2) is 5.39. The van der Waals surface area contributed by atoms with E-state index in [1.807, 2.05) is 6.92 Å². The van der Waals surface area contributed by atoms with Crippen LogP contribution in [0.5, 0.6) is 0 Å². The molecule has 2 unspecified atom stereocenters. The number of nitrogens with one attached hydrogen (secondary N) is 1. The van der Waals surface area contributed by atoms with Gasteiger partial charge < -0.3 is 15.3 Å². The van der Waals surface area contributed by atoms with Crippen LogP contribution in [0.2, 0.25) is 0 Å². The second-order valence-electron chi connectivity index (χ2n) is 6.10. The number of aliphatic carboxylic acids is 1. The standard InChI is InChI=1S/C14H24N2O3/c1-10-6-4-3-5-9-16(10)13(19)15-14(2,12(17)18)11-7-8-11/h10-11H,3-9H2,1-2H3,(H,15,19)(H,17,18). The third kappa shape index (κ3) is 3.01. The van der Waals surface area contributed by atoms with Gasteiger partial charge in [-0.3, -0.25) is 0 Å². The lowest BCUT2D eigenvalue weighted by Gasteiger charge is -2.33. The Kier molecular flexibility index (Phi) is 4.02. The molecule has 0 radical (unpaired) electrons. The highest BCUT2D eigenvalue weighted by molar-refractivity contribution is 5.86. The molecule has 2 atom stereocenters. The quantitative estimate of drug-likeness (QED) is 0.824. The fourth-order valence-electron chi connectivity index (χ4n) is 2.86. The van der Waals surface area contributed by atoms with Gasteiger partial charge in [0.1, 0.15) is 5.54 Å². The molecule has 5 heteroatoms. The Morgan fingerprint density at radius 1 is 1.21 bits per heavy atom. The Hall–Kier alpha value is -1.26. The topological polar surface area (TPSA) is 69.6 Å². The highest BCUT2D eigenvalue weighted by atomic mass is 16.4. The van der Waals surface area contributed by atoms with Crippen LogP contribution in [0.4, 0.5) is 4.79 Å². The van der Waals surface area contributed by atoms with Crippen LogP contribution in [0, 0.1) is 5.92 Å². The molecule has 1 heterocycles. The molecule has 1 saturated carbocycles. The molecule has 2 rings (SSSR count). The largest absolute Gasteiger partial charge is 0.480 e. The molecule has 0 aromatic heterocycles. The van der Waals surface area contributed by atoms with Gasteiger partial charge in [0.25, 0.3) is 0 Å². The highest BCUT2D eigenvalue weighted by Gasteiger charge is 2.49. The number of hydrogen-bond donors (Lipinski definition) is 2. The summed E-state index contributed by atoms with van der Waals surface area (Å²) in [6.07, 6.45) is 6.07. The molecular weight excluding hydrogens is 244 g/mol. The van der Waals surface area contributed by atoms with Crippen LogP contribution in [0.15, 0.2) is 0 Å². The third-order valence-corrected chi connectivity index (χ3v) is 4.52. The lowest BCUT2D eigenvalue weighted by Crippen LogP contribution is -2.58. The van der Waals surface area contributed by atoms with Gasteiger partial charge in [-0.15, -0.1) is 0 Å². The van der Waals surface area contributed by atoms with Crippen molar-refractivity contribution in [3.63, 3.8) is 0 Å². The van der Waals surface area contributed by atoms with Crippen molar-refractivity contribution in [2.24, 2.45) is 5.92 Å². The molecule has 0 aromatic rings. The van der Waals surface area contributed by atoms with Gasteiger partial charge in [-0.2, -0.15) is 0 Å². The maximum Gasteiger partial charge on any atom is 0.329 e. The predicted molar refractivity (Wildman–Crippen MR) is 71.9 cm³/mol. The Balaban J connectivity index is 2.04. The van der Waals surface area contributed by atoms with Crippen LogP contribution < -0.4 is 5.32 Å². The van der Waals surface area contributed by atoms with E-state index in [2.05, 4.69) is 5.32 Å². The van der Waals surface area contributed by atoms with E-state index < -0.39 is 11.5 Å². The van der Waals surface area contributed by atoms with Gasteiger partial charge in [-0.25, -0.2) is 9.59 Å². The Morgan fingerprint density at radius 3 is 2.47 bits per heavy atom. The second-order valence-corrected chi connectivity index (χ2v) is 6.10. The van der Waals surface area contributed by atoms with Crippen molar-refractivity contribution in [1.29, 1.82) is 0 Å². The number of carboxylic acid groups (broad SMARTS) is 1. The number of carbonyl (C=O) groups is 2. The predicted octanol–water partition coefficient (Wildman–Crippen LogP) is 2.21. The summed E-state index contributed by atoms with van der Waals surface area (Å²) in [5.41, 5.74) is -1.11. The lowest BCUT2D eigenvalue weighted by atomic mass is 9.96. The van der Waals surface area contributed by atoms with Crippen molar-refractivity contribution in [1.82, 2.24) is 10.2 Å². The average molecular weight is 268 g/mol. The van der Waals surface area contributed by atoms with E-state index in [1.165, 1.54) is 0 Å². The fourth-order valence-corrected chi connectivity index (χ4v) is 2.86. The number of urea groups is 1. The molecule has 5 nitrogen and oxygen atoms in total. The zero-order chi connectivity index (χ0) is 14.0. The minimum atomic E-state index is -1.11. The van der Waals surface area contributed by atoms with Crippen LogP contribution in [0.1, 0.15) is 52.4 Å². The molecule has 0 spiro atoms. The van der Waals surface area contributed by atoms with Crippen LogP contribution in [-0.4, -0.2) is 40.1 Å². The lowest BCUT2D eigenvalue weighted by molar-refractivity contribution is -0.144. The van der Waals surface area contributed by atoms with Crippen LogP contribution in [0.25, 0.3) is 0 Å². The van der Waals surface area contributed by atoms with E-state index in [0.717, 1.165) is 45.1 Å². The van der Waals surface area contributed by atoms with E-state index in [0.29, 0.717) is 0 Å². The summed E-state index contributed by atoms with van der Waals surface area (Å²) < 4.78 is 0.